The number of nitro groups is 1. The summed E-state index contributed by atoms with van der Waals surface area (Å²) in [6.07, 6.45) is 0. The third-order valence-corrected chi connectivity index (χ3v) is 7.06. The average molecular weight is 382 g/mol. The Morgan fingerprint density at radius 3 is 2.23 bits per heavy atom. The van der Waals surface area contributed by atoms with E-state index in [0.29, 0.717) is 19.0 Å². The van der Waals surface area contributed by atoms with Gasteiger partial charge in [-0.3, -0.25) is 14.9 Å². The van der Waals surface area contributed by atoms with Crippen LogP contribution >= 0.6 is 0 Å². The van der Waals surface area contributed by atoms with Crippen molar-refractivity contribution >= 4 is 21.6 Å². The van der Waals surface area contributed by atoms with E-state index in [-0.39, 0.29) is 35.5 Å². The number of carbonyl (C=O) groups excluding carboxylic acids is 1. The van der Waals surface area contributed by atoms with Crippen LogP contribution in [0.3, 0.4) is 0 Å². The Hall–Kier alpha value is -2.04. The van der Waals surface area contributed by atoms with Crippen LogP contribution in [0.4, 0.5) is 5.69 Å². The molecule has 1 aromatic rings. The van der Waals surface area contributed by atoms with Crippen molar-refractivity contribution in [2.75, 3.05) is 39.3 Å². The summed E-state index contributed by atoms with van der Waals surface area (Å²) < 4.78 is 26.7. The van der Waals surface area contributed by atoms with Gasteiger partial charge in [-0.2, -0.15) is 4.31 Å². The Labute approximate surface area is 152 Å². The number of hydrogen-bond donors (Lipinski definition) is 1. The van der Waals surface area contributed by atoms with Gasteiger partial charge in [-0.25, -0.2) is 8.42 Å². The molecule has 0 aromatic heterocycles. The highest BCUT2D eigenvalue weighted by Crippen LogP contribution is 2.23. The minimum atomic E-state index is -3.72. The number of nitrogens with zero attached hydrogens (tertiary/aromatic N) is 3. The van der Waals surface area contributed by atoms with E-state index in [9.17, 15) is 23.3 Å². The number of amides is 1. The molecule has 1 aromatic carbocycles. The Bertz CT molecular complexity index is 783. The Balaban J connectivity index is 1.63. The normalized spacial score (nSPS) is 20.4. The van der Waals surface area contributed by atoms with Gasteiger partial charge in [0, 0.05) is 44.2 Å². The molecule has 2 fully saturated rings. The second kappa shape index (κ2) is 7.29. The van der Waals surface area contributed by atoms with Gasteiger partial charge in [-0.05, 0) is 31.1 Å². The average Bonchev–Trinajstić information content (AvgIpc) is 2.59. The van der Waals surface area contributed by atoms with Gasteiger partial charge < -0.3 is 10.2 Å². The third-order valence-electron chi connectivity index (χ3n) is 5.15. The van der Waals surface area contributed by atoms with Gasteiger partial charge in [0.15, 0.2) is 0 Å². The van der Waals surface area contributed by atoms with Crippen molar-refractivity contribution < 1.29 is 18.1 Å². The minimum Gasteiger partial charge on any atom is -0.340 e. The quantitative estimate of drug-likeness (QED) is 0.578. The molecule has 1 amide bonds. The lowest BCUT2D eigenvalue weighted by atomic mass is 9.88. The smallest absolute Gasteiger partial charge is 0.269 e. The Morgan fingerprint density at radius 2 is 1.77 bits per heavy atom. The van der Waals surface area contributed by atoms with Gasteiger partial charge >= 0.3 is 0 Å². The standard InChI is InChI=1S/C16H22N4O5S/c1-12(13-10-17-11-13)16(21)18-6-8-19(9-7-18)26(24,25)15-4-2-14(3-5-15)20(22)23/h2-5,12-13,17H,6-11H2,1H3. The number of piperazine rings is 1. The molecule has 10 heteroatoms. The molecule has 26 heavy (non-hydrogen) atoms. The van der Waals surface area contributed by atoms with Crippen LogP contribution in [0, 0.1) is 22.0 Å². The zero-order chi connectivity index (χ0) is 18.9. The summed E-state index contributed by atoms with van der Waals surface area (Å²) in [5.41, 5.74) is -0.154. The largest absolute Gasteiger partial charge is 0.340 e. The summed E-state index contributed by atoms with van der Waals surface area (Å²) >= 11 is 0. The van der Waals surface area contributed by atoms with E-state index < -0.39 is 14.9 Å². The number of rotatable bonds is 5. The molecule has 2 aliphatic heterocycles. The number of hydrogen-bond acceptors (Lipinski definition) is 6. The van der Waals surface area contributed by atoms with Crippen LogP contribution in [-0.4, -0.2) is 67.7 Å². The van der Waals surface area contributed by atoms with E-state index in [1.165, 1.54) is 28.6 Å². The molecule has 1 N–H and O–H groups in total. The van der Waals surface area contributed by atoms with Crippen molar-refractivity contribution in [1.82, 2.24) is 14.5 Å². The predicted octanol–water partition coefficient (Wildman–Crippen LogP) is 0.283. The fraction of sp³-hybridized carbons (Fsp3) is 0.562. The highest BCUT2D eigenvalue weighted by atomic mass is 32.2. The summed E-state index contributed by atoms with van der Waals surface area (Å²) in [5.74, 6) is 0.363. The van der Waals surface area contributed by atoms with Crippen molar-refractivity contribution in [3.63, 3.8) is 0 Å². The van der Waals surface area contributed by atoms with Crippen LogP contribution in [0.25, 0.3) is 0 Å². The summed E-state index contributed by atoms with van der Waals surface area (Å²) in [6.45, 7) is 4.78. The molecule has 1 unspecified atom stereocenters. The highest BCUT2D eigenvalue weighted by molar-refractivity contribution is 7.89. The van der Waals surface area contributed by atoms with Crippen LogP contribution in [0.1, 0.15) is 6.92 Å². The number of nitrogens with one attached hydrogen (secondary N) is 1. The molecule has 3 rings (SSSR count). The van der Waals surface area contributed by atoms with Gasteiger partial charge in [-0.15, -0.1) is 0 Å². The molecule has 2 aliphatic rings. The maximum atomic E-state index is 12.7. The number of non-ortho nitro benzene ring substituents is 1. The first-order valence-electron chi connectivity index (χ1n) is 8.55. The van der Waals surface area contributed by atoms with Gasteiger partial charge in [0.25, 0.3) is 5.69 Å². The Morgan fingerprint density at radius 1 is 1.19 bits per heavy atom. The zero-order valence-electron chi connectivity index (χ0n) is 14.5. The fourth-order valence-corrected chi connectivity index (χ4v) is 4.61. The molecule has 0 aliphatic carbocycles. The van der Waals surface area contributed by atoms with E-state index in [4.69, 9.17) is 0 Å². The van der Waals surface area contributed by atoms with E-state index in [0.717, 1.165) is 13.1 Å². The lowest BCUT2D eigenvalue weighted by molar-refractivity contribution is -0.384. The molecular weight excluding hydrogens is 360 g/mol. The van der Waals surface area contributed by atoms with E-state index in [2.05, 4.69) is 5.32 Å². The summed E-state index contributed by atoms with van der Waals surface area (Å²) in [7, 11) is -3.72. The summed E-state index contributed by atoms with van der Waals surface area (Å²) in [6, 6.07) is 4.86. The highest BCUT2D eigenvalue weighted by Gasteiger charge is 2.35. The van der Waals surface area contributed by atoms with Crippen LogP contribution in [-0.2, 0) is 14.8 Å². The van der Waals surface area contributed by atoms with Gasteiger partial charge in [0.05, 0.1) is 9.82 Å². The third kappa shape index (κ3) is 3.57. The molecule has 2 heterocycles. The second-order valence-electron chi connectivity index (χ2n) is 6.69. The Kier molecular flexibility index (Phi) is 5.26. The van der Waals surface area contributed by atoms with Crippen LogP contribution in [0.15, 0.2) is 29.2 Å². The number of benzene rings is 1. The first-order chi connectivity index (χ1) is 12.3. The molecule has 1 atom stereocenters. The van der Waals surface area contributed by atoms with Gasteiger partial charge in [0.2, 0.25) is 15.9 Å². The van der Waals surface area contributed by atoms with E-state index in [1.807, 2.05) is 6.92 Å². The first-order valence-corrected chi connectivity index (χ1v) is 9.99. The van der Waals surface area contributed by atoms with Crippen LogP contribution < -0.4 is 5.32 Å². The fourth-order valence-electron chi connectivity index (χ4n) is 3.19. The van der Waals surface area contributed by atoms with Crippen molar-refractivity contribution in [1.29, 1.82) is 0 Å². The number of nitro benzene ring substituents is 1. The molecule has 9 nitrogen and oxygen atoms in total. The lowest BCUT2D eigenvalue weighted by Crippen LogP contribution is -2.55. The maximum Gasteiger partial charge on any atom is 0.269 e. The predicted molar refractivity (Wildman–Crippen MR) is 94.0 cm³/mol. The number of carbonyl (C=O) groups is 1. The van der Waals surface area contributed by atoms with Gasteiger partial charge in [0.1, 0.15) is 0 Å². The van der Waals surface area contributed by atoms with Crippen molar-refractivity contribution in [3.8, 4) is 0 Å². The lowest BCUT2D eigenvalue weighted by Gasteiger charge is -2.38. The van der Waals surface area contributed by atoms with Crippen molar-refractivity contribution in [2.24, 2.45) is 11.8 Å². The van der Waals surface area contributed by atoms with Crippen molar-refractivity contribution in [2.45, 2.75) is 11.8 Å². The van der Waals surface area contributed by atoms with E-state index >= 15 is 0 Å². The molecule has 2 saturated heterocycles. The monoisotopic (exact) mass is 382 g/mol. The molecule has 0 spiro atoms. The molecular formula is C16H22N4O5S. The van der Waals surface area contributed by atoms with E-state index in [1.54, 1.807) is 4.90 Å². The molecule has 0 radical (unpaired) electrons. The van der Waals surface area contributed by atoms with Crippen molar-refractivity contribution in [3.05, 3.63) is 34.4 Å². The molecule has 142 valence electrons. The molecule has 0 bridgehead atoms. The maximum absolute atomic E-state index is 12.7. The second-order valence-corrected chi connectivity index (χ2v) is 8.63. The minimum absolute atomic E-state index is 0.0248. The number of sulfonamides is 1. The summed E-state index contributed by atoms with van der Waals surface area (Å²) in [4.78, 5) is 24.4. The topological polar surface area (TPSA) is 113 Å². The first kappa shape index (κ1) is 18.7. The molecule has 0 saturated carbocycles. The van der Waals surface area contributed by atoms with Crippen LogP contribution in [0.5, 0.6) is 0 Å². The zero-order valence-corrected chi connectivity index (χ0v) is 15.3. The van der Waals surface area contributed by atoms with Crippen LogP contribution in [0.2, 0.25) is 0 Å². The summed E-state index contributed by atoms with van der Waals surface area (Å²) in [5, 5.41) is 13.9. The van der Waals surface area contributed by atoms with Gasteiger partial charge in [-0.1, -0.05) is 6.92 Å². The SMILES string of the molecule is CC(C(=O)N1CCN(S(=O)(=O)c2ccc([N+](=O)[O-])cc2)CC1)C1CNC1.